The lowest BCUT2D eigenvalue weighted by Gasteiger charge is -2.02. The average molecular weight is 468 g/mol. The summed E-state index contributed by atoms with van der Waals surface area (Å²) in [5.74, 6) is 0.0713. The summed E-state index contributed by atoms with van der Waals surface area (Å²) < 4.78 is 6.29. The molecule has 0 saturated carbocycles. The summed E-state index contributed by atoms with van der Waals surface area (Å²) in [4.78, 5) is 19.2. The van der Waals surface area contributed by atoms with Gasteiger partial charge in [-0.1, -0.05) is 0 Å². The number of nitrogens with zero attached hydrogens (tertiary/aromatic N) is 3. The molecule has 0 aliphatic rings. The molecule has 4 rings (SSSR count). The number of phenolic OH excluding ortho intramolecular Hbond substituents is 2. The van der Waals surface area contributed by atoms with Gasteiger partial charge in [0.05, 0.1) is 15.1 Å². The van der Waals surface area contributed by atoms with E-state index in [4.69, 9.17) is 4.42 Å². The Hall–Kier alpha value is -3.72. The molecule has 1 aromatic heterocycles. The minimum atomic E-state index is -0.635. The predicted molar refractivity (Wildman–Crippen MR) is 116 cm³/mol. The van der Waals surface area contributed by atoms with Crippen molar-refractivity contribution >= 4 is 44.6 Å². The highest BCUT2D eigenvalue weighted by molar-refractivity contribution is 9.10. The number of nitro benzene ring substituents is 1. The van der Waals surface area contributed by atoms with E-state index in [9.17, 15) is 20.3 Å². The molecule has 1 heterocycles. The number of hydrogen-bond donors (Lipinski definition) is 2. The van der Waals surface area contributed by atoms with Gasteiger partial charge in [0.15, 0.2) is 5.58 Å². The summed E-state index contributed by atoms with van der Waals surface area (Å²) in [7, 11) is 0. The number of rotatable bonds is 4. The number of aromatic hydroxyl groups is 2. The normalized spacial score (nSPS) is 11.4. The van der Waals surface area contributed by atoms with Crippen LogP contribution in [0.5, 0.6) is 11.5 Å². The maximum Gasteiger partial charge on any atom is 0.311 e. The van der Waals surface area contributed by atoms with E-state index >= 15 is 0 Å². The van der Waals surface area contributed by atoms with Crippen molar-refractivity contribution in [2.45, 2.75) is 6.92 Å². The molecule has 9 heteroatoms. The number of oxazole rings is 1. The molecule has 0 atom stereocenters. The molecule has 0 radical (unpaired) electrons. The molecule has 0 unspecified atom stereocenters. The fourth-order valence-electron chi connectivity index (χ4n) is 2.93. The Kier molecular flexibility index (Phi) is 4.96. The van der Waals surface area contributed by atoms with E-state index in [0.29, 0.717) is 38.3 Å². The predicted octanol–water partition coefficient (Wildman–Crippen LogP) is 5.64. The van der Waals surface area contributed by atoms with E-state index in [2.05, 4.69) is 25.9 Å². The van der Waals surface area contributed by atoms with Crippen LogP contribution in [0.15, 0.2) is 62.4 Å². The lowest BCUT2D eigenvalue weighted by molar-refractivity contribution is -0.385. The quantitative estimate of drug-likeness (QED) is 0.227. The van der Waals surface area contributed by atoms with E-state index in [-0.39, 0.29) is 17.0 Å². The monoisotopic (exact) mass is 467 g/mol. The Morgan fingerprint density at radius 3 is 2.70 bits per heavy atom. The van der Waals surface area contributed by atoms with Crippen LogP contribution in [0.25, 0.3) is 22.6 Å². The van der Waals surface area contributed by atoms with Crippen LogP contribution in [-0.2, 0) is 0 Å². The summed E-state index contributed by atoms with van der Waals surface area (Å²) >= 11 is 3.27. The van der Waals surface area contributed by atoms with Gasteiger partial charge in [0.2, 0.25) is 11.6 Å². The van der Waals surface area contributed by atoms with Crippen LogP contribution in [0.3, 0.4) is 0 Å². The molecule has 3 aromatic carbocycles. The van der Waals surface area contributed by atoms with Crippen LogP contribution in [-0.4, -0.2) is 26.3 Å². The molecule has 0 amide bonds. The molecule has 0 saturated heterocycles. The smallest absolute Gasteiger partial charge is 0.311 e. The third-order valence-corrected chi connectivity index (χ3v) is 5.01. The number of aryl methyl sites for hydroxylation is 1. The standard InChI is InChI=1S/C21H14BrN3O5/c1-11-6-13(20(27)17(7-11)25(28)29)10-23-14-3-5-19-16(9-14)24-21(30-19)12-2-4-18(26)15(22)8-12/h2-10,26-27H,1H3. The summed E-state index contributed by atoms with van der Waals surface area (Å²) in [6.07, 6.45) is 1.37. The van der Waals surface area contributed by atoms with Crippen molar-refractivity contribution in [3.05, 3.63) is 74.2 Å². The minimum Gasteiger partial charge on any atom is -0.507 e. The van der Waals surface area contributed by atoms with Gasteiger partial charge in [-0.3, -0.25) is 15.1 Å². The molecule has 0 spiro atoms. The fraction of sp³-hybridized carbons (Fsp3) is 0.0476. The lowest BCUT2D eigenvalue weighted by atomic mass is 10.1. The van der Waals surface area contributed by atoms with Crippen LogP contribution in [0.4, 0.5) is 11.4 Å². The van der Waals surface area contributed by atoms with Crippen molar-refractivity contribution in [1.29, 1.82) is 0 Å². The first-order valence-corrected chi connectivity index (χ1v) is 9.52. The topological polar surface area (TPSA) is 122 Å². The van der Waals surface area contributed by atoms with Crippen molar-refractivity contribution in [2.75, 3.05) is 0 Å². The average Bonchev–Trinajstić information content (AvgIpc) is 3.13. The SMILES string of the molecule is Cc1cc(C=Nc2ccc3oc(-c4ccc(O)c(Br)c4)nc3c2)c(O)c([N+](=O)[O-])c1. The van der Waals surface area contributed by atoms with Gasteiger partial charge in [-0.05, 0) is 70.9 Å². The molecule has 150 valence electrons. The molecular formula is C21H14BrN3O5. The van der Waals surface area contributed by atoms with Gasteiger partial charge >= 0.3 is 5.69 Å². The second kappa shape index (κ2) is 7.60. The van der Waals surface area contributed by atoms with Gasteiger partial charge in [0.1, 0.15) is 11.3 Å². The molecule has 30 heavy (non-hydrogen) atoms. The van der Waals surface area contributed by atoms with E-state index in [0.717, 1.165) is 0 Å². The van der Waals surface area contributed by atoms with Crippen LogP contribution in [0, 0.1) is 17.0 Å². The first-order valence-electron chi connectivity index (χ1n) is 8.73. The second-order valence-corrected chi connectivity index (χ2v) is 7.43. The van der Waals surface area contributed by atoms with Gasteiger partial charge in [0.25, 0.3) is 0 Å². The Balaban J connectivity index is 1.68. The number of halogens is 1. The van der Waals surface area contributed by atoms with Crippen LogP contribution in [0.2, 0.25) is 0 Å². The molecule has 4 aromatic rings. The van der Waals surface area contributed by atoms with E-state index in [1.54, 1.807) is 43.3 Å². The van der Waals surface area contributed by atoms with Crippen molar-refractivity contribution < 1.29 is 19.6 Å². The number of fused-ring (bicyclic) bond motifs is 1. The first kappa shape index (κ1) is 19.6. The summed E-state index contributed by atoms with van der Waals surface area (Å²) in [6, 6.07) is 13.0. The van der Waals surface area contributed by atoms with Crippen molar-refractivity contribution in [3.63, 3.8) is 0 Å². The minimum absolute atomic E-state index is 0.117. The maximum absolute atomic E-state index is 11.1. The largest absolute Gasteiger partial charge is 0.507 e. The Labute approximate surface area is 178 Å². The van der Waals surface area contributed by atoms with Crippen molar-refractivity contribution in [3.8, 4) is 23.0 Å². The van der Waals surface area contributed by atoms with Gasteiger partial charge in [-0.15, -0.1) is 0 Å². The Morgan fingerprint density at radius 1 is 1.17 bits per heavy atom. The third-order valence-electron chi connectivity index (χ3n) is 4.38. The molecule has 2 N–H and O–H groups in total. The third kappa shape index (κ3) is 3.74. The summed E-state index contributed by atoms with van der Waals surface area (Å²) in [5.41, 5.74) is 2.88. The van der Waals surface area contributed by atoms with Gasteiger partial charge in [-0.25, -0.2) is 4.98 Å². The van der Waals surface area contributed by atoms with Gasteiger partial charge in [-0.2, -0.15) is 0 Å². The zero-order chi connectivity index (χ0) is 21.4. The zero-order valence-corrected chi connectivity index (χ0v) is 17.1. The number of aromatic nitrogens is 1. The number of aliphatic imine (C=N–C) groups is 1. The number of phenols is 2. The highest BCUT2D eigenvalue weighted by atomic mass is 79.9. The molecule has 8 nitrogen and oxygen atoms in total. The maximum atomic E-state index is 11.1. The Bertz CT molecular complexity index is 1330. The highest BCUT2D eigenvalue weighted by Gasteiger charge is 2.17. The summed E-state index contributed by atoms with van der Waals surface area (Å²) in [5, 5.41) is 30.8. The number of benzene rings is 3. The zero-order valence-electron chi connectivity index (χ0n) is 15.5. The molecular weight excluding hydrogens is 454 g/mol. The summed E-state index contributed by atoms with van der Waals surface area (Å²) in [6.45, 7) is 1.70. The van der Waals surface area contributed by atoms with Gasteiger partial charge < -0.3 is 14.6 Å². The number of nitro groups is 1. The van der Waals surface area contributed by atoms with E-state index in [1.165, 1.54) is 18.3 Å². The number of hydrogen-bond acceptors (Lipinski definition) is 7. The van der Waals surface area contributed by atoms with Crippen molar-refractivity contribution in [2.24, 2.45) is 4.99 Å². The van der Waals surface area contributed by atoms with Crippen LogP contribution in [0.1, 0.15) is 11.1 Å². The van der Waals surface area contributed by atoms with Crippen LogP contribution < -0.4 is 0 Å². The van der Waals surface area contributed by atoms with E-state index < -0.39 is 10.7 Å². The molecule has 0 fully saturated rings. The molecule has 0 aliphatic carbocycles. The second-order valence-electron chi connectivity index (χ2n) is 6.57. The first-order chi connectivity index (χ1) is 14.3. The van der Waals surface area contributed by atoms with E-state index in [1.807, 2.05) is 0 Å². The van der Waals surface area contributed by atoms with Crippen molar-refractivity contribution in [1.82, 2.24) is 4.98 Å². The Morgan fingerprint density at radius 2 is 1.97 bits per heavy atom. The lowest BCUT2D eigenvalue weighted by Crippen LogP contribution is -1.93. The molecule has 0 aliphatic heterocycles. The highest BCUT2D eigenvalue weighted by Crippen LogP contribution is 2.33. The van der Waals surface area contributed by atoms with Gasteiger partial charge in [0, 0.05) is 23.4 Å². The van der Waals surface area contributed by atoms with Crippen LogP contribution >= 0.6 is 15.9 Å². The molecule has 0 bridgehead atoms. The fourth-order valence-corrected chi connectivity index (χ4v) is 3.31.